The highest BCUT2D eigenvalue weighted by Gasteiger charge is 2.17. The first-order valence-corrected chi connectivity index (χ1v) is 7.93. The molecule has 0 unspecified atom stereocenters. The molecule has 1 aromatic heterocycles. The molecule has 0 spiro atoms. The average Bonchev–Trinajstić information content (AvgIpc) is 2.95. The second-order valence-electron chi connectivity index (χ2n) is 4.56. The van der Waals surface area contributed by atoms with Crippen LogP contribution in [0.15, 0.2) is 41.8 Å². The van der Waals surface area contributed by atoms with Crippen molar-refractivity contribution in [1.82, 2.24) is 9.55 Å². The number of aromatic nitrogens is 2. The summed E-state index contributed by atoms with van der Waals surface area (Å²) in [4.78, 5) is 13.9. The molecule has 3 N–H and O–H groups in total. The van der Waals surface area contributed by atoms with Crippen LogP contribution in [-0.2, 0) is 16.6 Å². The number of nitrogens with two attached hydrogens (primary N) is 1. The van der Waals surface area contributed by atoms with Gasteiger partial charge in [0.25, 0.3) is 5.69 Å². The maximum Gasteiger partial charge on any atom is 0.271 e. The van der Waals surface area contributed by atoms with Crippen molar-refractivity contribution in [3.8, 4) is 0 Å². The molecule has 0 fully saturated rings. The van der Waals surface area contributed by atoms with E-state index in [4.69, 9.17) is 5.14 Å². The zero-order valence-electron chi connectivity index (χ0n) is 11.5. The summed E-state index contributed by atoms with van der Waals surface area (Å²) in [7, 11) is -3.96. The molecule has 10 heteroatoms. The van der Waals surface area contributed by atoms with Gasteiger partial charge in [0.15, 0.2) is 0 Å². The second kappa shape index (κ2) is 6.54. The van der Waals surface area contributed by atoms with Crippen molar-refractivity contribution in [2.24, 2.45) is 5.14 Å². The van der Waals surface area contributed by atoms with Crippen molar-refractivity contribution in [3.05, 3.63) is 47.0 Å². The molecule has 2 aromatic rings. The van der Waals surface area contributed by atoms with Gasteiger partial charge < -0.3 is 9.88 Å². The molecule has 1 heterocycles. The van der Waals surface area contributed by atoms with Crippen molar-refractivity contribution in [3.63, 3.8) is 0 Å². The highest BCUT2D eigenvalue weighted by Crippen LogP contribution is 2.25. The fourth-order valence-electron chi connectivity index (χ4n) is 1.92. The van der Waals surface area contributed by atoms with E-state index in [1.54, 1.807) is 12.5 Å². The van der Waals surface area contributed by atoms with Crippen molar-refractivity contribution >= 4 is 21.4 Å². The summed E-state index contributed by atoms with van der Waals surface area (Å²) < 4.78 is 24.9. The molecule has 0 saturated carbocycles. The van der Waals surface area contributed by atoms with Crippen LogP contribution in [0, 0.1) is 10.1 Å². The number of hydrogen-bond acceptors (Lipinski definition) is 6. The lowest BCUT2D eigenvalue weighted by atomic mass is 10.2. The normalized spacial score (nSPS) is 11.3. The molecule has 0 amide bonds. The Balaban J connectivity index is 2.09. The Kier molecular flexibility index (Phi) is 4.73. The van der Waals surface area contributed by atoms with E-state index in [2.05, 4.69) is 10.3 Å². The number of non-ortho nitro benzene ring substituents is 1. The summed E-state index contributed by atoms with van der Waals surface area (Å²) in [5.41, 5.74) is -0.0770. The van der Waals surface area contributed by atoms with Crippen LogP contribution in [0.1, 0.15) is 6.42 Å². The highest BCUT2D eigenvalue weighted by atomic mass is 32.2. The van der Waals surface area contributed by atoms with E-state index in [9.17, 15) is 18.5 Å². The molecule has 0 aliphatic carbocycles. The molecule has 0 aliphatic rings. The van der Waals surface area contributed by atoms with E-state index in [1.807, 2.05) is 10.8 Å². The number of primary sulfonamides is 1. The molecule has 0 atom stereocenters. The summed E-state index contributed by atoms with van der Waals surface area (Å²) in [5, 5.41) is 18.8. The van der Waals surface area contributed by atoms with Gasteiger partial charge in [-0.25, -0.2) is 18.5 Å². The lowest BCUT2D eigenvalue weighted by Crippen LogP contribution is -2.16. The van der Waals surface area contributed by atoms with Gasteiger partial charge in [-0.3, -0.25) is 10.1 Å². The lowest BCUT2D eigenvalue weighted by molar-refractivity contribution is -0.384. The number of nitro groups is 1. The Morgan fingerprint density at radius 3 is 2.77 bits per heavy atom. The molecule has 1 aromatic carbocycles. The molecule has 118 valence electrons. The number of sulfonamides is 1. The number of imidazole rings is 1. The number of hydrogen-bond donors (Lipinski definition) is 2. The number of nitrogens with one attached hydrogen (secondary N) is 1. The maximum atomic E-state index is 11.5. The monoisotopic (exact) mass is 325 g/mol. The Morgan fingerprint density at radius 1 is 1.41 bits per heavy atom. The Morgan fingerprint density at radius 2 is 2.18 bits per heavy atom. The minimum atomic E-state index is -3.96. The van der Waals surface area contributed by atoms with E-state index in [0.717, 1.165) is 18.2 Å². The summed E-state index contributed by atoms with van der Waals surface area (Å²) in [6.07, 6.45) is 5.82. The number of aryl methyl sites for hydroxylation is 1. The number of nitrogens with zero attached hydrogens (tertiary/aromatic N) is 3. The van der Waals surface area contributed by atoms with E-state index < -0.39 is 14.9 Å². The molecule has 2 rings (SSSR count). The zero-order valence-corrected chi connectivity index (χ0v) is 12.4. The van der Waals surface area contributed by atoms with Gasteiger partial charge in [-0.15, -0.1) is 0 Å². The summed E-state index contributed by atoms with van der Waals surface area (Å²) in [5.74, 6) is 0. The van der Waals surface area contributed by atoms with Crippen LogP contribution in [0.2, 0.25) is 0 Å². The predicted octanol–water partition coefficient (Wildman–Crippen LogP) is 0.941. The van der Waals surface area contributed by atoms with E-state index in [0.29, 0.717) is 19.5 Å². The smallest absolute Gasteiger partial charge is 0.271 e. The highest BCUT2D eigenvalue weighted by molar-refractivity contribution is 7.89. The SMILES string of the molecule is NS(=O)(=O)c1ccc([N+](=O)[O-])cc1NCCCn1ccnc1. The first-order chi connectivity index (χ1) is 10.4. The minimum absolute atomic E-state index is 0.127. The molecular weight excluding hydrogens is 310 g/mol. The quantitative estimate of drug-likeness (QED) is 0.442. The third kappa shape index (κ3) is 4.02. The molecule has 22 heavy (non-hydrogen) atoms. The lowest BCUT2D eigenvalue weighted by Gasteiger charge is -2.10. The topological polar surface area (TPSA) is 133 Å². The first-order valence-electron chi connectivity index (χ1n) is 6.39. The van der Waals surface area contributed by atoms with Crippen molar-refractivity contribution < 1.29 is 13.3 Å². The minimum Gasteiger partial charge on any atom is -0.384 e. The van der Waals surface area contributed by atoms with Gasteiger partial charge >= 0.3 is 0 Å². The largest absolute Gasteiger partial charge is 0.384 e. The van der Waals surface area contributed by atoms with Crippen LogP contribution in [0.5, 0.6) is 0 Å². The molecule has 0 aliphatic heterocycles. The van der Waals surface area contributed by atoms with Gasteiger partial charge in [-0.1, -0.05) is 0 Å². The van der Waals surface area contributed by atoms with Crippen LogP contribution in [-0.4, -0.2) is 29.4 Å². The van der Waals surface area contributed by atoms with Crippen LogP contribution < -0.4 is 10.5 Å². The van der Waals surface area contributed by atoms with E-state index >= 15 is 0 Å². The van der Waals surface area contributed by atoms with Gasteiger partial charge in [0, 0.05) is 37.6 Å². The molecular formula is C12H15N5O4S. The van der Waals surface area contributed by atoms with E-state index in [1.165, 1.54) is 0 Å². The second-order valence-corrected chi connectivity index (χ2v) is 6.09. The summed E-state index contributed by atoms with van der Waals surface area (Å²) >= 11 is 0. The van der Waals surface area contributed by atoms with Crippen molar-refractivity contribution in [1.29, 1.82) is 0 Å². The fourth-order valence-corrected chi connectivity index (χ4v) is 2.62. The zero-order chi connectivity index (χ0) is 16.2. The van der Waals surface area contributed by atoms with Gasteiger partial charge in [0.05, 0.1) is 16.9 Å². The molecule has 0 radical (unpaired) electrons. The standard InChI is InChI=1S/C12H15N5O4S/c13-22(20,21)12-3-2-10(17(18)19)8-11(12)15-4-1-6-16-7-5-14-9-16/h2-3,5,7-9,15H,1,4,6H2,(H2,13,20,21). The first kappa shape index (κ1) is 15.9. The molecule has 0 saturated heterocycles. The fraction of sp³-hybridized carbons (Fsp3) is 0.250. The van der Waals surface area contributed by atoms with Gasteiger partial charge in [-0.05, 0) is 12.5 Å². The molecule has 0 bridgehead atoms. The summed E-state index contributed by atoms with van der Waals surface area (Å²) in [6, 6.07) is 3.40. The maximum absolute atomic E-state index is 11.5. The van der Waals surface area contributed by atoms with Crippen molar-refractivity contribution in [2.45, 2.75) is 17.9 Å². The Labute approximate surface area is 127 Å². The average molecular weight is 325 g/mol. The van der Waals surface area contributed by atoms with Gasteiger partial charge in [-0.2, -0.15) is 0 Å². The third-order valence-corrected chi connectivity index (χ3v) is 3.92. The number of anilines is 1. The van der Waals surface area contributed by atoms with E-state index in [-0.39, 0.29) is 16.3 Å². The van der Waals surface area contributed by atoms with Crippen LogP contribution in [0.25, 0.3) is 0 Å². The Hall–Kier alpha value is -2.46. The van der Waals surface area contributed by atoms with Gasteiger partial charge in [0.2, 0.25) is 10.0 Å². The van der Waals surface area contributed by atoms with Crippen LogP contribution in [0.3, 0.4) is 0 Å². The number of rotatable bonds is 7. The molecule has 9 nitrogen and oxygen atoms in total. The van der Waals surface area contributed by atoms with Crippen molar-refractivity contribution in [2.75, 3.05) is 11.9 Å². The van der Waals surface area contributed by atoms with Gasteiger partial charge in [0.1, 0.15) is 4.90 Å². The number of benzene rings is 1. The predicted molar refractivity (Wildman–Crippen MR) is 79.8 cm³/mol. The third-order valence-electron chi connectivity index (χ3n) is 2.95. The summed E-state index contributed by atoms with van der Waals surface area (Å²) in [6.45, 7) is 1.12. The van der Waals surface area contributed by atoms with Crippen LogP contribution in [0.4, 0.5) is 11.4 Å². The van der Waals surface area contributed by atoms with Crippen LogP contribution >= 0.6 is 0 Å². The Bertz CT molecular complexity index is 758. The number of nitro benzene ring substituents is 1.